The lowest BCUT2D eigenvalue weighted by molar-refractivity contribution is 0.439. The molecule has 0 aliphatic rings. The molecule has 72 valence electrons. The van der Waals surface area contributed by atoms with E-state index in [9.17, 15) is 5.11 Å². The number of hydrogen-bond acceptors (Lipinski definition) is 3. The van der Waals surface area contributed by atoms with Crippen LogP contribution in [0.4, 0.5) is 0 Å². The molecule has 0 bridgehead atoms. The van der Waals surface area contributed by atoms with Crippen molar-refractivity contribution in [2.75, 3.05) is 0 Å². The second-order valence-electron chi connectivity index (χ2n) is 3.14. The number of rotatable bonds is 3. The van der Waals surface area contributed by atoms with Gasteiger partial charge < -0.3 is 15.9 Å². The number of phenols is 2. The topological polar surface area (TPSA) is 66.5 Å². The molecule has 3 nitrogen and oxygen atoms in total. The first-order chi connectivity index (χ1) is 6.15. The van der Waals surface area contributed by atoms with E-state index in [2.05, 4.69) is 0 Å². The van der Waals surface area contributed by atoms with Crippen molar-refractivity contribution in [1.29, 1.82) is 0 Å². The molecule has 0 amide bonds. The Morgan fingerprint density at radius 2 is 2.08 bits per heavy atom. The van der Waals surface area contributed by atoms with E-state index in [-0.39, 0.29) is 17.5 Å². The van der Waals surface area contributed by atoms with E-state index in [1.807, 2.05) is 6.92 Å². The van der Waals surface area contributed by atoms with Crippen molar-refractivity contribution in [1.82, 2.24) is 0 Å². The predicted octanol–water partition coefficient (Wildman–Crippen LogP) is 1.90. The van der Waals surface area contributed by atoms with Crippen LogP contribution in [0.5, 0.6) is 11.5 Å². The highest BCUT2D eigenvalue weighted by Crippen LogP contribution is 2.28. The standard InChI is InChI=1S/C10H15NO2/c1-2-3-9(11)8-5-4-7(12)6-10(8)13/h4-6,9,12-13H,2-3,11H2,1H3. The van der Waals surface area contributed by atoms with Crippen molar-refractivity contribution in [3.8, 4) is 11.5 Å². The van der Waals surface area contributed by atoms with Crippen molar-refractivity contribution in [3.63, 3.8) is 0 Å². The zero-order chi connectivity index (χ0) is 9.84. The molecule has 1 aromatic rings. The fourth-order valence-electron chi connectivity index (χ4n) is 1.31. The molecule has 1 aromatic carbocycles. The smallest absolute Gasteiger partial charge is 0.124 e. The predicted molar refractivity (Wildman–Crippen MR) is 51.6 cm³/mol. The van der Waals surface area contributed by atoms with Crippen molar-refractivity contribution < 1.29 is 10.2 Å². The first kappa shape index (κ1) is 9.86. The maximum atomic E-state index is 9.45. The summed E-state index contributed by atoms with van der Waals surface area (Å²) in [6, 6.07) is 4.35. The Bertz CT molecular complexity index is 286. The lowest BCUT2D eigenvalue weighted by Gasteiger charge is -2.12. The Hall–Kier alpha value is -1.22. The third-order valence-corrected chi connectivity index (χ3v) is 2.01. The number of phenolic OH excluding ortho intramolecular Hbond substituents is 2. The Balaban J connectivity index is 2.88. The van der Waals surface area contributed by atoms with E-state index < -0.39 is 0 Å². The highest BCUT2D eigenvalue weighted by molar-refractivity contribution is 5.40. The highest BCUT2D eigenvalue weighted by Gasteiger charge is 2.09. The molecule has 0 saturated carbocycles. The van der Waals surface area contributed by atoms with Gasteiger partial charge in [-0.05, 0) is 12.5 Å². The number of hydrogen-bond donors (Lipinski definition) is 3. The van der Waals surface area contributed by atoms with Gasteiger partial charge in [0.05, 0.1) is 0 Å². The summed E-state index contributed by atoms with van der Waals surface area (Å²) in [5, 5.41) is 18.5. The van der Waals surface area contributed by atoms with Gasteiger partial charge in [0.1, 0.15) is 11.5 Å². The molecular formula is C10H15NO2. The number of benzene rings is 1. The first-order valence-electron chi connectivity index (χ1n) is 4.42. The zero-order valence-corrected chi connectivity index (χ0v) is 7.70. The average Bonchev–Trinajstić information content (AvgIpc) is 2.04. The summed E-state index contributed by atoms with van der Waals surface area (Å²) in [6.45, 7) is 2.04. The van der Waals surface area contributed by atoms with E-state index in [1.54, 1.807) is 6.07 Å². The van der Waals surface area contributed by atoms with Gasteiger partial charge >= 0.3 is 0 Å². The molecule has 1 unspecified atom stereocenters. The summed E-state index contributed by atoms with van der Waals surface area (Å²) >= 11 is 0. The third-order valence-electron chi connectivity index (χ3n) is 2.01. The van der Waals surface area contributed by atoms with Gasteiger partial charge in [-0.2, -0.15) is 0 Å². The van der Waals surface area contributed by atoms with E-state index >= 15 is 0 Å². The van der Waals surface area contributed by atoms with E-state index in [0.717, 1.165) is 12.8 Å². The first-order valence-corrected chi connectivity index (χ1v) is 4.42. The largest absolute Gasteiger partial charge is 0.508 e. The molecule has 4 N–H and O–H groups in total. The minimum atomic E-state index is -0.148. The van der Waals surface area contributed by atoms with Crippen LogP contribution >= 0.6 is 0 Å². The molecule has 0 aliphatic carbocycles. The van der Waals surface area contributed by atoms with Gasteiger partial charge in [0, 0.05) is 17.7 Å². The molecular weight excluding hydrogens is 166 g/mol. The molecule has 0 aliphatic heterocycles. The van der Waals surface area contributed by atoms with E-state index in [0.29, 0.717) is 5.56 Å². The van der Waals surface area contributed by atoms with Gasteiger partial charge in [-0.25, -0.2) is 0 Å². The van der Waals surface area contributed by atoms with Gasteiger partial charge in [-0.3, -0.25) is 0 Å². The maximum absolute atomic E-state index is 9.45. The summed E-state index contributed by atoms with van der Waals surface area (Å²) in [7, 11) is 0. The minimum absolute atomic E-state index is 0.0601. The van der Waals surface area contributed by atoms with Gasteiger partial charge in [0.15, 0.2) is 0 Å². The molecule has 0 fully saturated rings. The second kappa shape index (κ2) is 4.14. The summed E-state index contributed by atoms with van der Waals surface area (Å²) in [5.74, 6) is 0.130. The van der Waals surface area contributed by atoms with Crippen LogP contribution in [0, 0.1) is 0 Å². The summed E-state index contributed by atoms with van der Waals surface area (Å²) in [5.41, 5.74) is 6.51. The summed E-state index contributed by atoms with van der Waals surface area (Å²) < 4.78 is 0. The Morgan fingerprint density at radius 3 is 2.62 bits per heavy atom. The minimum Gasteiger partial charge on any atom is -0.508 e. The average molecular weight is 181 g/mol. The number of aromatic hydroxyl groups is 2. The zero-order valence-electron chi connectivity index (χ0n) is 7.70. The van der Waals surface area contributed by atoms with Gasteiger partial charge in [0.2, 0.25) is 0 Å². The van der Waals surface area contributed by atoms with E-state index in [4.69, 9.17) is 10.8 Å². The summed E-state index contributed by atoms with van der Waals surface area (Å²) in [6.07, 6.45) is 1.81. The van der Waals surface area contributed by atoms with Crippen LogP contribution in [0.25, 0.3) is 0 Å². The normalized spacial score (nSPS) is 12.8. The molecule has 0 spiro atoms. The molecule has 3 heteroatoms. The Labute approximate surface area is 77.8 Å². The van der Waals surface area contributed by atoms with E-state index in [1.165, 1.54) is 12.1 Å². The molecule has 0 heterocycles. The molecule has 1 rings (SSSR count). The molecule has 13 heavy (non-hydrogen) atoms. The van der Waals surface area contributed by atoms with Crippen LogP contribution in [0.15, 0.2) is 18.2 Å². The molecule has 1 atom stereocenters. The van der Waals surface area contributed by atoms with Gasteiger partial charge in [-0.15, -0.1) is 0 Å². The van der Waals surface area contributed by atoms with Crippen LogP contribution < -0.4 is 5.73 Å². The van der Waals surface area contributed by atoms with Crippen LogP contribution in [-0.4, -0.2) is 10.2 Å². The van der Waals surface area contributed by atoms with Gasteiger partial charge in [0.25, 0.3) is 0 Å². The van der Waals surface area contributed by atoms with Crippen LogP contribution in [0.1, 0.15) is 31.4 Å². The SMILES string of the molecule is CCCC(N)c1ccc(O)cc1O. The Morgan fingerprint density at radius 1 is 1.38 bits per heavy atom. The van der Waals surface area contributed by atoms with Crippen LogP contribution in [0.3, 0.4) is 0 Å². The third kappa shape index (κ3) is 2.36. The second-order valence-corrected chi connectivity index (χ2v) is 3.14. The monoisotopic (exact) mass is 181 g/mol. The van der Waals surface area contributed by atoms with Crippen molar-refractivity contribution in [3.05, 3.63) is 23.8 Å². The van der Waals surface area contributed by atoms with Crippen LogP contribution in [-0.2, 0) is 0 Å². The summed E-state index contributed by atoms with van der Waals surface area (Å²) in [4.78, 5) is 0. The fourth-order valence-corrected chi connectivity index (χ4v) is 1.31. The fraction of sp³-hybridized carbons (Fsp3) is 0.400. The maximum Gasteiger partial charge on any atom is 0.124 e. The Kier molecular flexibility index (Phi) is 3.14. The number of nitrogens with two attached hydrogens (primary N) is 1. The lowest BCUT2D eigenvalue weighted by atomic mass is 10.0. The van der Waals surface area contributed by atoms with Crippen molar-refractivity contribution in [2.45, 2.75) is 25.8 Å². The van der Waals surface area contributed by atoms with Crippen molar-refractivity contribution in [2.24, 2.45) is 5.73 Å². The highest BCUT2D eigenvalue weighted by atomic mass is 16.3. The molecule has 0 aromatic heterocycles. The quantitative estimate of drug-likeness (QED) is 0.667. The van der Waals surface area contributed by atoms with Crippen molar-refractivity contribution >= 4 is 0 Å². The molecule has 0 saturated heterocycles. The lowest BCUT2D eigenvalue weighted by Crippen LogP contribution is -2.09. The van der Waals surface area contributed by atoms with Gasteiger partial charge in [-0.1, -0.05) is 19.4 Å². The van der Waals surface area contributed by atoms with Crippen LogP contribution in [0.2, 0.25) is 0 Å². The molecule has 0 radical (unpaired) electrons.